The molecule has 0 N–H and O–H groups in total. The van der Waals surface area contributed by atoms with Crippen LogP contribution in [0.3, 0.4) is 0 Å². The number of para-hydroxylation sites is 1. The second kappa shape index (κ2) is 6.21. The fourth-order valence-corrected chi connectivity index (χ4v) is 7.82. The molecule has 0 amide bonds. The largest absolute Gasteiger partial charge is 0.352 e. The summed E-state index contributed by atoms with van der Waals surface area (Å²) in [5, 5.41) is 2.91. The minimum absolute atomic E-state index is 0.0179. The normalized spacial score (nSPS) is 21.8. The first-order chi connectivity index (χ1) is 12.6. The van der Waals surface area contributed by atoms with Crippen molar-refractivity contribution in [2.24, 2.45) is 0 Å². The minimum atomic E-state index is -0.0179. The number of aromatic nitrogens is 2. The predicted molar refractivity (Wildman–Crippen MR) is 112 cm³/mol. The van der Waals surface area contributed by atoms with E-state index in [0.717, 1.165) is 40.2 Å². The standard InChI is InChI=1S/C20H20BrN2OS2/c1-20(11-21)12-25-19-22(13-7-3-2-4-8-13)17(24)16-14-9-5-6-10-15(14)26-18(16)23(19)20/h2-4,7-8H,5-6,9-12H2,1H3/q+1. The first-order valence-corrected chi connectivity index (χ1v) is 12.0. The Kier molecular flexibility index (Phi) is 4.07. The van der Waals surface area contributed by atoms with Crippen molar-refractivity contribution in [1.82, 2.24) is 4.57 Å². The van der Waals surface area contributed by atoms with E-state index in [2.05, 4.69) is 27.4 Å². The second-order valence-corrected chi connectivity index (χ2v) is 9.99. The Morgan fingerprint density at radius 2 is 2.00 bits per heavy atom. The van der Waals surface area contributed by atoms with Gasteiger partial charge in [0.2, 0.25) is 0 Å². The van der Waals surface area contributed by atoms with E-state index in [0.29, 0.717) is 0 Å². The molecule has 0 bridgehead atoms. The van der Waals surface area contributed by atoms with Crippen LogP contribution in [0, 0.1) is 0 Å². The van der Waals surface area contributed by atoms with Crippen molar-refractivity contribution in [3.63, 3.8) is 0 Å². The van der Waals surface area contributed by atoms with Crippen LogP contribution in [-0.2, 0) is 18.4 Å². The lowest BCUT2D eigenvalue weighted by Gasteiger charge is -2.19. The fourth-order valence-electron chi connectivity index (χ4n) is 4.11. The van der Waals surface area contributed by atoms with Crippen LogP contribution in [0.4, 0.5) is 0 Å². The fraction of sp³-hybridized carbons (Fsp3) is 0.400. The Labute approximate surface area is 169 Å². The maximum atomic E-state index is 13.7. The van der Waals surface area contributed by atoms with Crippen molar-refractivity contribution in [2.45, 2.75) is 43.3 Å². The lowest BCUT2D eigenvalue weighted by atomic mass is 9.97. The summed E-state index contributed by atoms with van der Waals surface area (Å²) in [5.41, 5.74) is 2.42. The van der Waals surface area contributed by atoms with Crippen LogP contribution in [0.25, 0.3) is 15.9 Å². The summed E-state index contributed by atoms with van der Waals surface area (Å²) < 4.78 is 4.39. The molecule has 2 aliphatic rings. The summed E-state index contributed by atoms with van der Waals surface area (Å²) in [7, 11) is 0. The van der Waals surface area contributed by atoms with Gasteiger partial charge in [0.05, 0.1) is 0 Å². The van der Waals surface area contributed by atoms with Crippen LogP contribution in [0.15, 0.2) is 40.3 Å². The molecular weight excluding hydrogens is 428 g/mol. The Morgan fingerprint density at radius 1 is 1.23 bits per heavy atom. The molecule has 3 nitrogen and oxygen atoms in total. The molecule has 1 aliphatic heterocycles. The topological polar surface area (TPSA) is 25.9 Å². The van der Waals surface area contributed by atoms with Gasteiger partial charge >= 0.3 is 10.7 Å². The van der Waals surface area contributed by atoms with Crippen molar-refractivity contribution in [3.8, 4) is 5.69 Å². The summed E-state index contributed by atoms with van der Waals surface area (Å²) in [6.07, 6.45) is 4.59. The zero-order valence-electron chi connectivity index (χ0n) is 14.6. The number of rotatable bonds is 2. The molecule has 26 heavy (non-hydrogen) atoms. The van der Waals surface area contributed by atoms with Gasteiger partial charge in [0.15, 0.2) is 4.83 Å². The van der Waals surface area contributed by atoms with E-state index < -0.39 is 0 Å². The van der Waals surface area contributed by atoms with Gasteiger partial charge in [-0.15, -0.1) is 0 Å². The third-order valence-electron chi connectivity index (χ3n) is 5.51. The van der Waals surface area contributed by atoms with Gasteiger partial charge in [-0.25, -0.2) is 9.36 Å². The van der Waals surface area contributed by atoms with Gasteiger partial charge in [-0.3, -0.25) is 0 Å². The van der Waals surface area contributed by atoms with Crippen LogP contribution < -0.4 is 10.1 Å². The van der Waals surface area contributed by atoms with E-state index in [9.17, 15) is 4.79 Å². The Balaban J connectivity index is 1.95. The maximum Gasteiger partial charge on any atom is 0.352 e. The summed E-state index contributed by atoms with van der Waals surface area (Å²) in [6, 6.07) is 10.1. The Bertz CT molecular complexity index is 1070. The molecule has 1 unspecified atom stereocenters. The van der Waals surface area contributed by atoms with Crippen molar-refractivity contribution in [3.05, 3.63) is 51.1 Å². The van der Waals surface area contributed by atoms with Gasteiger partial charge < -0.3 is 0 Å². The highest BCUT2D eigenvalue weighted by atomic mass is 79.9. The van der Waals surface area contributed by atoms with E-state index >= 15 is 0 Å². The van der Waals surface area contributed by atoms with E-state index in [-0.39, 0.29) is 11.1 Å². The van der Waals surface area contributed by atoms with Crippen LogP contribution >= 0.6 is 39.0 Å². The van der Waals surface area contributed by atoms with Gasteiger partial charge in [0, 0.05) is 16.0 Å². The van der Waals surface area contributed by atoms with Crippen molar-refractivity contribution in [2.75, 3.05) is 11.1 Å². The van der Waals surface area contributed by atoms with Crippen molar-refractivity contribution < 1.29 is 4.57 Å². The van der Waals surface area contributed by atoms with Crippen LogP contribution in [0.1, 0.15) is 30.2 Å². The molecule has 0 spiro atoms. The van der Waals surface area contributed by atoms with Crippen molar-refractivity contribution in [1.29, 1.82) is 0 Å². The summed E-state index contributed by atoms with van der Waals surface area (Å²) >= 11 is 7.40. The van der Waals surface area contributed by atoms with E-state index in [1.165, 1.54) is 28.1 Å². The second-order valence-electron chi connectivity index (χ2n) is 7.40. The number of hydrogen-bond donors (Lipinski definition) is 0. The summed E-state index contributed by atoms with van der Waals surface area (Å²) in [4.78, 5) is 16.3. The highest BCUT2D eigenvalue weighted by Gasteiger charge is 2.46. The van der Waals surface area contributed by atoms with Crippen LogP contribution in [-0.4, -0.2) is 15.7 Å². The number of aryl methyl sites for hydroxylation is 2. The quantitative estimate of drug-likeness (QED) is 0.329. The molecule has 0 radical (unpaired) electrons. The van der Waals surface area contributed by atoms with Gasteiger partial charge in [-0.2, -0.15) is 4.57 Å². The number of benzene rings is 1. The van der Waals surface area contributed by atoms with Crippen LogP contribution in [0.2, 0.25) is 0 Å². The molecule has 1 aromatic carbocycles. The Morgan fingerprint density at radius 3 is 2.77 bits per heavy atom. The van der Waals surface area contributed by atoms with Gasteiger partial charge in [0.1, 0.15) is 16.6 Å². The number of hydrogen-bond acceptors (Lipinski definition) is 3. The average Bonchev–Trinajstić information content (AvgIpc) is 3.22. The minimum Gasteiger partial charge on any atom is -0.240 e. The highest BCUT2D eigenvalue weighted by Crippen LogP contribution is 2.39. The zero-order chi connectivity index (χ0) is 17.9. The summed E-state index contributed by atoms with van der Waals surface area (Å²) in [6.45, 7) is 2.29. The Hall–Kier alpha value is -1.11. The highest BCUT2D eigenvalue weighted by molar-refractivity contribution is 9.09. The lowest BCUT2D eigenvalue weighted by Crippen LogP contribution is -2.57. The molecular formula is C20H20BrN2OS2+. The molecule has 6 heteroatoms. The molecule has 1 atom stereocenters. The van der Waals surface area contributed by atoms with E-state index in [1.54, 1.807) is 11.8 Å². The first-order valence-electron chi connectivity index (χ1n) is 9.04. The molecule has 2 aromatic heterocycles. The van der Waals surface area contributed by atoms with Gasteiger partial charge in [0.25, 0.3) is 0 Å². The lowest BCUT2D eigenvalue weighted by molar-refractivity contribution is -0.758. The first kappa shape index (κ1) is 17.0. The molecule has 5 rings (SSSR count). The van der Waals surface area contributed by atoms with Gasteiger partial charge in [-0.1, -0.05) is 45.5 Å². The molecule has 1 aliphatic carbocycles. The average molecular weight is 448 g/mol. The van der Waals surface area contributed by atoms with Crippen molar-refractivity contribution >= 4 is 49.2 Å². The molecule has 134 valence electrons. The number of thiophene rings is 1. The smallest absolute Gasteiger partial charge is 0.240 e. The molecule has 3 aromatic rings. The summed E-state index contributed by atoms with van der Waals surface area (Å²) in [5.74, 6) is 0.978. The van der Waals surface area contributed by atoms with E-state index in [4.69, 9.17) is 0 Å². The van der Waals surface area contributed by atoms with E-state index in [1.807, 2.05) is 46.2 Å². The number of nitrogens with zero attached hydrogens (tertiary/aromatic N) is 2. The molecule has 0 saturated heterocycles. The molecule has 0 saturated carbocycles. The SMILES string of the molecule is CC1(CBr)CSc2n(-c3ccccc3)c(=O)c3c4c(sc3[n+]21)CCCC4. The van der Waals surface area contributed by atoms with Gasteiger partial charge in [-0.05, 0) is 62.1 Å². The third kappa shape index (κ3) is 2.31. The number of fused-ring (bicyclic) bond motifs is 5. The predicted octanol–water partition coefficient (Wildman–Crippen LogP) is 4.43. The molecule has 0 fully saturated rings. The van der Waals surface area contributed by atoms with Crippen LogP contribution in [0.5, 0.6) is 0 Å². The number of alkyl halides is 1. The monoisotopic (exact) mass is 447 g/mol. The zero-order valence-corrected chi connectivity index (χ0v) is 17.8. The number of halogens is 1. The molecule has 3 heterocycles. The maximum absolute atomic E-state index is 13.7. The number of thioether (sulfide) groups is 1. The third-order valence-corrected chi connectivity index (χ3v) is 9.38.